The Balaban J connectivity index is 3.51. The van der Waals surface area contributed by atoms with Crippen molar-refractivity contribution in [2.24, 2.45) is 0 Å². The molecular weight excluding hydrogens is 371 g/mol. The first-order valence-corrected chi connectivity index (χ1v) is 8.10. The summed E-state index contributed by atoms with van der Waals surface area (Å²) >= 11 is 0. The van der Waals surface area contributed by atoms with Crippen LogP contribution in [0.15, 0.2) is 23.1 Å². The van der Waals surface area contributed by atoms with Crippen LogP contribution in [0.5, 0.6) is 0 Å². The Hall–Kier alpha value is -2.19. The fraction of sp³-hybridized carbons (Fsp3) is 0.111. The Kier molecular flexibility index (Phi) is 4.74. The molecule has 0 aromatic heterocycles. The van der Waals surface area contributed by atoms with E-state index >= 15 is 0 Å². The average Bonchev–Trinajstić information content (AvgIpc) is 2.35. The lowest BCUT2D eigenvalue weighted by Gasteiger charge is -2.11. The van der Waals surface area contributed by atoms with Gasteiger partial charge >= 0.3 is 27.5 Å². The standard InChI is InChI=1S/C9H6F3NO8S2/c10-9(11,12)23(20,21)13-22(18,19)6-2-4(7(14)15)1-5(3-6)8(16)17/h1-3,13H,(H,14,15)(H,16,17). The molecule has 0 spiro atoms. The fourth-order valence-corrected chi connectivity index (χ4v) is 3.72. The molecule has 0 aliphatic carbocycles. The molecule has 0 fully saturated rings. The largest absolute Gasteiger partial charge is 0.512 e. The molecule has 0 aliphatic rings. The third-order valence-corrected chi connectivity index (χ3v) is 5.46. The number of halogens is 3. The van der Waals surface area contributed by atoms with Crippen molar-refractivity contribution in [1.29, 1.82) is 0 Å². The first-order valence-electron chi connectivity index (χ1n) is 5.14. The molecule has 1 rings (SSSR count). The van der Waals surface area contributed by atoms with E-state index in [1.165, 1.54) is 0 Å². The van der Waals surface area contributed by atoms with Crippen LogP contribution in [-0.4, -0.2) is 44.5 Å². The summed E-state index contributed by atoms with van der Waals surface area (Å²) in [6.07, 6.45) is 0. The normalized spacial score (nSPS) is 12.8. The van der Waals surface area contributed by atoms with E-state index in [1.807, 2.05) is 0 Å². The summed E-state index contributed by atoms with van der Waals surface area (Å²) in [6, 6.07) is 1.16. The molecule has 0 saturated heterocycles. The number of aromatic carboxylic acids is 2. The van der Waals surface area contributed by atoms with Crippen LogP contribution < -0.4 is 4.13 Å². The van der Waals surface area contributed by atoms with Gasteiger partial charge in [-0.2, -0.15) is 13.2 Å². The summed E-state index contributed by atoms with van der Waals surface area (Å²) in [4.78, 5) is 20.3. The van der Waals surface area contributed by atoms with E-state index in [0.717, 1.165) is 0 Å². The Labute approximate surface area is 126 Å². The van der Waals surface area contributed by atoms with Gasteiger partial charge in [-0.3, -0.25) is 0 Å². The quantitative estimate of drug-likeness (QED) is 0.658. The van der Waals surface area contributed by atoms with Crippen LogP contribution >= 0.6 is 0 Å². The zero-order chi connectivity index (χ0) is 18.2. The molecule has 3 N–H and O–H groups in total. The Morgan fingerprint density at radius 3 is 1.61 bits per heavy atom. The second-order valence-electron chi connectivity index (χ2n) is 3.89. The number of carboxylic acid groups (broad SMARTS) is 2. The van der Waals surface area contributed by atoms with Gasteiger partial charge < -0.3 is 10.2 Å². The number of carboxylic acids is 2. The van der Waals surface area contributed by atoms with Crippen LogP contribution in [0.4, 0.5) is 13.2 Å². The molecule has 0 atom stereocenters. The lowest BCUT2D eigenvalue weighted by molar-refractivity contribution is -0.0441. The highest BCUT2D eigenvalue weighted by molar-refractivity contribution is 8.05. The number of benzene rings is 1. The number of alkyl halides is 3. The molecule has 0 heterocycles. The van der Waals surface area contributed by atoms with Gasteiger partial charge in [0.05, 0.1) is 16.0 Å². The molecule has 128 valence electrons. The van der Waals surface area contributed by atoms with Crippen molar-refractivity contribution >= 4 is 32.0 Å². The molecular formula is C9H6F3NO8S2. The number of rotatable bonds is 5. The monoisotopic (exact) mass is 377 g/mol. The first kappa shape index (κ1) is 18.9. The third-order valence-electron chi connectivity index (χ3n) is 2.23. The molecule has 0 bridgehead atoms. The van der Waals surface area contributed by atoms with Crippen molar-refractivity contribution in [1.82, 2.24) is 4.13 Å². The molecule has 1 aromatic rings. The number of hydrogen-bond donors (Lipinski definition) is 3. The molecule has 0 amide bonds. The Morgan fingerprint density at radius 1 is 0.913 bits per heavy atom. The van der Waals surface area contributed by atoms with Crippen molar-refractivity contribution in [3.05, 3.63) is 29.3 Å². The highest BCUT2D eigenvalue weighted by Gasteiger charge is 2.48. The van der Waals surface area contributed by atoms with Crippen molar-refractivity contribution in [2.75, 3.05) is 0 Å². The van der Waals surface area contributed by atoms with Crippen molar-refractivity contribution < 1.29 is 49.8 Å². The molecule has 1 aromatic carbocycles. The van der Waals surface area contributed by atoms with Crippen molar-refractivity contribution in [3.8, 4) is 0 Å². The summed E-state index contributed by atoms with van der Waals surface area (Å²) in [7, 11) is -11.7. The zero-order valence-corrected chi connectivity index (χ0v) is 12.2. The molecule has 0 saturated carbocycles. The van der Waals surface area contributed by atoms with E-state index in [9.17, 15) is 39.6 Å². The minimum Gasteiger partial charge on any atom is -0.478 e. The maximum absolute atomic E-state index is 12.2. The topological polar surface area (TPSA) is 155 Å². The minimum absolute atomic E-state index is 0.309. The van der Waals surface area contributed by atoms with Crippen LogP contribution in [-0.2, 0) is 20.0 Å². The molecule has 0 unspecified atom stereocenters. The minimum atomic E-state index is -6.30. The van der Waals surface area contributed by atoms with Gasteiger partial charge in [0.25, 0.3) is 10.0 Å². The highest BCUT2D eigenvalue weighted by Crippen LogP contribution is 2.24. The van der Waals surface area contributed by atoms with Crippen LogP contribution in [0.25, 0.3) is 0 Å². The number of sulfonamides is 2. The maximum atomic E-state index is 12.2. The van der Waals surface area contributed by atoms with Gasteiger partial charge in [0.15, 0.2) is 0 Å². The second kappa shape index (κ2) is 5.78. The van der Waals surface area contributed by atoms with Gasteiger partial charge in [-0.05, 0) is 18.2 Å². The predicted octanol–water partition coefficient (Wildman–Crippen LogP) is 0.211. The van der Waals surface area contributed by atoms with Gasteiger partial charge in [-0.15, -0.1) is 0 Å². The summed E-state index contributed by atoms with van der Waals surface area (Å²) in [5.41, 5.74) is -7.70. The molecule has 9 nitrogen and oxygen atoms in total. The lowest BCUT2D eigenvalue weighted by Crippen LogP contribution is -2.40. The molecule has 23 heavy (non-hydrogen) atoms. The number of nitrogens with one attached hydrogen (secondary N) is 1. The van der Waals surface area contributed by atoms with Crippen LogP contribution in [0.3, 0.4) is 0 Å². The predicted molar refractivity (Wildman–Crippen MR) is 65.7 cm³/mol. The van der Waals surface area contributed by atoms with Gasteiger partial charge in [0.1, 0.15) is 0 Å². The summed E-state index contributed by atoms with van der Waals surface area (Å²) in [6.45, 7) is 0. The van der Waals surface area contributed by atoms with E-state index in [4.69, 9.17) is 10.2 Å². The molecule has 14 heteroatoms. The SMILES string of the molecule is O=C(O)c1cc(C(=O)O)cc(S(=O)(=O)NS(=O)(=O)C(F)(F)F)c1. The second-order valence-corrected chi connectivity index (χ2v) is 7.51. The number of carbonyl (C=O) groups is 2. The average molecular weight is 377 g/mol. The Bertz CT molecular complexity index is 840. The van der Waals surface area contributed by atoms with Crippen molar-refractivity contribution in [3.63, 3.8) is 0 Å². The fourth-order valence-electron chi connectivity index (χ4n) is 1.24. The van der Waals surface area contributed by atoms with E-state index in [0.29, 0.717) is 22.3 Å². The molecule has 0 aliphatic heterocycles. The summed E-state index contributed by atoms with van der Waals surface area (Å²) in [5.74, 6) is -3.55. The zero-order valence-electron chi connectivity index (χ0n) is 10.5. The van der Waals surface area contributed by atoms with Gasteiger partial charge in [-0.25, -0.2) is 26.4 Å². The van der Waals surface area contributed by atoms with E-state index in [2.05, 4.69) is 0 Å². The Morgan fingerprint density at radius 2 is 1.30 bits per heavy atom. The van der Waals surface area contributed by atoms with Gasteiger partial charge in [0, 0.05) is 0 Å². The maximum Gasteiger partial charge on any atom is 0.512 e. The summed E-state index contributed by atoms with van der Waals surface area (Å²) in [5, 5.41) is 17.5. The van der Waals surface area contributed by atoms with Crippen LogP contribution in [0.1, 0.15) is 20.7 Å². The number of hydrogen-bond acceptors (Lipinski definition) is 6. The lowest BCUT2D eigenvalue weighted by atomic mass is 10.1. The van der Waals surface area contributed by atoms with Gasteiger partial charge in [0.2, 0.25) is 0 Å². The van der Waals surface area contributed by atoms with Crippen LogP contribution in [0, 0.1) is 0 Å². The van der Waals surface area contributed by atoms with Gasteiger partial charge in [-0.1, -0.05) is 4.13 Å². The highest BCUT2D eigenvalue weighted by atomic mass is 32.3. The first-order chi connectivity index (χ1) is 10.2. The van der Waals surface area contributed by atoms with E-state index in [-0.39, 0.29) is 0 Å². The van der Waals surface area contributed by atoms with E-state index in [1.54, 1.807) is 0 Å². The van der Waals surface area contributed by atoms with E-state index < -0.39 is 53.5 Å². The summed E-state index contributed by atoms with van der Waals surface area (Å²) < 4.78 is 81.9. The molecule has 0 radical (unpaired) electrons. The van der Waals surface area contributed by atoms with Crippen molar-refractivity contribution in [2.45, 2.75) is 10.4 Å². The third kappa shape index (κ3) is 4.17. The smallest absolute Gasteiger partial charge is 0.478 e. The van der Waals surface area contributed by atoms with Crippen LogP contribution in [0.2, 0.25) is 0 Å².